The number of furan rings is 1. The Hall–Kier alpha value is -0.800. The van der Waals surface area contributed by atoms with Gasteiger partial charge in [-0.25, -0.2) is 4.99 Å². The number of nitrogens with zero attached hydrogens (tertiary/aromatic N) is 1. The molecule has 1 aliphatic rings. The number of ether oxygens (including phenoxy) is 2. The van der Waals surface area contributed by atoms with Crippen LogP contribution in [0.25, 0.3) is 0 Å². The Kier molecular flexibility index (Phi) is 10.4. The number of aryl methyl sites for hydroxylation is 2. The predicted octanol–water partition coefficient (Wildman–Crippen LogP) is 2.77. The largest absolute Gasteiger partial charge is 0.466 e. The van der Waals surface area contributed by atoms with Crippen LogP contribution < -0.4 is 10.6 Å². The number of hydrogen-bond donors (Lipinski definition) is 2. The maximum atomic E-state index is 5.75. The molecule has 0 bridgehead atoms. The maximum Gasteiger partial charge on any atom is 0.191 e. The van der Waals surface area contributed by atoms with E-state index in [4.69, 9.17) is 13.9 Å². The highest BCUT2D eigenvalue weighted by Crippen LogP contribution is 2.14. The third-order valence-electron chi connectivity index (χ3n) is 3.75. The lowest BCUT2D eigenvalue weighted by atomic mass is 10.2. The molecule has 1 aromatic heterocycles. The first-order chi connectivity index (χ1) is 11.2. The van der Waals surface area contributed by atoms with Crippen molar-refractivity contribution in [2.75, 3.05) is 32.9 Å². The quantitative estimate of drug-likeness (QED) is 0.276. The molecule has 0 aromatic carbocycles. The summed E-state index contributed by atoms with van der Waals surface area (Å²) in [6.07, 6.45) is 2.25. The van der Waals surface area contributed by atoms with Crippen LogP contribution in [0.1, 0.15) is 36.8 Å². The molecule has 24 heavy (non-hydrogen) atoms. The fourth-order valence-electron chi connectivity index (χ4n) is 2.52. The van der Waals surface area contributed by atoms with Gasteiger partial charge in [-0.1, -0.05) is 0 Å². The van der Waals surface area contributed by atoms with Gasteiger partial charge in [0.25, 0.3) is 0 Å². The van der Waals surface area contributed by atoms with Crippen LogP contribution in [-0.2, 0) is 16.0 Å². The average molecular weight is 451 g/mol. The van der Waals surface area contributed by atoms with Gasteiger partial charge in [-0.2, -0.15) is 0 Å². The van der Waals surface area contributed by atoms with E-state index in [0.29, 0.717) is 6.54 Å². The molecule has 0 amide bonds. The summed E-state index contributed by atoms with van der Waals surface area (Å²) in [5.74, 6) is 2.70. The van der Waals surface area contributed by atoms with Crippen molar-refractivity contribution in [3.8, 4) is 0 Å². The lowest BCUT2D eigenvalue weighted by Crippen LogP contribution is -2.38. The van der Waals surface area contributed by atoms with E-state index in [0.717, 1.165) is 68.8 Å². The van der Waals surface area contributed by atoms with Crippen LogP contribution in [0.3, 0.4) is 0 Å². The lowest BCUT2D eigenvalue weighted by Gasteiger charge is -2.12. The molecule has 2 heterocycles. The lowest BCUT2D eigenvalue weighted by molar-refractivity contribution is 0.0420. The monoisotopic (exact) mass is 451 g/mol. The van der Waals surface area contributed by atoms with E-state index in [2.05, 4.69) is 22.5 Å². The zero-order chi connectivity index (χ0) is 16.5. The van der Waals surface area contributed by atoms with Crippen molar-refractivity contribution in [2.24, 2.45) is 4.99 Å². The summed E-state index contributed by atoms with van der Waals surface area (Å²) in [7, 11) is 0. The van der Waals surface area contributed by atoms with Gasteiger partial charge >= 0.3 is 0 Å². The Bertz CT molecular complexity index is 499. The Morgan fingerprint density at radius 2 is 2.21 bits per heavy atom. The number of halogens is 1. The van der Waals surface area contributed by atoms with Crippen molar-refractivity contribution in [1.82, 2.24) is 10.6 Å². The van der Waals surface area contributed by atoms with E-state index in [1.54, 1.807) is 0 Å². The van der Waals surface area contributed by atoms with Gasteiger partial charge in [-0.15, -0.1) is 24.0 Å². The second-order valence-corrected chi connectivity index (χ2v) is 5.77. The van der Waals surface area contributed by atoms with E-state index >= 15 is 0 Å². The normalized spacial score (nSPS) is 17.6. The highest BCUT2D eigenvalue weighted by atomic mass is 127. The maximum absolute atomic E-state index is 5.75. The molecular weight excluding hydrogens is 421 g/mol. The van der Waals surface area contributed by atoms with Crippen molar-refractivity contribution < 1.29 is 13.9 Å². The highest BCUT2D eigenvalue weighted by molar-refractivity contribution is 14.0. The van der Waals surface area contributed by atoms with Gasteiger partial charge in [0.1, 0.15) is 11.5 Å². The second-order valence-electron chi connectivity index (χ2n) is 5.77. The minimum Gasteiger partial charge on any atom is -0.466 e. The molecule has 1 aromatic rings. The molecule has 1 atom stereocenters. The summed E-state index contributed by atoms with van der Waals surface area (Å²) in [6, 6.07) is 2.04. The van der Waals surface area contributed by atoms with Crippen LogP contribution in [0.15, 0.2) is 15.5 Å². The standard InChI is InChI=1S/C17H29N3O3.HI/c1-4-18-17(20-11-15-10-13(2)23-14(15)3)19-7-5-8-22-16-6-9-21-12-16;/h10,16H,4-9,11-12H2,1-3H3,(H2,18,19,20);1H. The first-order valence-electron chi connectivity index (χ1n) is 8.46. The molecule has 2 rings (SSSR count). The minimum atomic E-state index is 0. The molecule has 2 N–H and O–H groups in total. The van der Waals surface area contributed by atoms with Crippen molar-refractivity contribution in [1.29, 1.82) is 0 Å². The molecule has 6 nitrogen and oxygen atoms in total. The van der Waals surface area contributed by atoms with Crippen LogP contribution in [0.5, 0.6) is 0 Å². The second kappa shape index (κ2) is 11.7. The molecule has 0 spiro atoms. The zero-order valence-electron chi connectivity index (χ0n) is 14.9. The number of nitrogens with one attached hydrogen (secondary N) is 2. The number of guanidine groups is 1. The highest BCUT2D eigenvalue weighted by Gasteiger charge is 2.15. The predicted molar refractivity (Wildman–Crippen MR) is 106 cm³/mol. The molecule has 0 saturated carbocycles. The smallest absolute Gasteiger partial charge is 0.191 e. The first kappa shape index (κ1) is 21.2. The molecule has 138 valence electrons. The Morgan fingerprint density at radius 1 is 1.38 bits per heavy atom. The molecule has 1 fully saturated rings. The third kappa shape index (κ3) is 7.40. The first-order valence-corrected chi connectivity index (χ1v) is 8.46. The van der Waals surface area contributed by atoms with Crippen LogP contribution >= 0.6 is 24.0 Å². The van der Waals surface area contributed by atoms with Gasteiger partial charge in [0.15, 0.2) is 5.96 Å². The Morgan fingerprint density at radius 3 is 2.83 bits per heavy atom. The topological polar surface area (TPSA) is 68.0 Å². The van der Waals surface area contributed by atoms with E-state index in [1.807, 2.05) is 19.9 Å². The van der Waals surface area contributed by atoms with E-state index < -0.39 is 0 Å². The summed E-state index contributed by atoms with van der Waals surface area (Å²) in [6.45, 7) is 10.6. The molecule has 7 heteroatoms. The van der Waals surface area contributed by atoms with Crippen LogP contribution in [0.4, 0.5) is 0 Å². The summed E-state index contributed by atoms with van der Waals surface area (Å²) in [5.41, 5.74) is 1.13. The molecule has 0 radical (unpaired) electrons. The molecular formula is C17H30IN3O3. The van der Waals surface area contributed by atoms with Crippen LogP contribution in [0, 0.1) is 13.8 Å². The van der Waals surface area contributed by atoms with Crippen molar-refractivity contribution in [2.45, 2.75) is 46.3 Å². The van der Waals surface area contributed by atoms with Gasteiger partial charge in [-0.05, 0) is 39.7 Å². The van der Waals surface area contributed by atoms with Gasteiger partial charge in [0, 0.05) is 31.9 Å². The molecule has 1 aliphatic heterocycles. The fraction of sp³-hybridized carbons (Fsp3) is 0.706. The average Bonchev–Trinajstić information content (AvgIpc) is 3.14. The van der Waals surface area contributed by atoms with Gasteiger partial charge < -0.3 is 24.5 Å². The van der Waals surface area contributed by atoms with Gasteiger partial charge in [-0.3, -0.25) is 0 Å². The SMILES string of the molecule is CCNC(=NCc1cc(C)oc1C)NCCCOC1CCOC1.I. The van der Waals surface area contributed by atoms with Crippen LogP contribution in [-0.4, -0.2) is 45.0 Å². The van der Waals surface area contributed by atoms with Gasteiger partial charge in [0.05, 0.1) is 19.3 Å². The zero-order valence-corrected chi connectivity index (χ0v) is 17.2. The Labute approximate surface area is 161 Å². The summed E-state index contributed by atoms with van der Waals surface area (Å²) in [5, 5.41) is 6.60. The van der Waals surface area contributed by atoms with Crippen molar-refractivity contribution in [3.63, 3.8) is 0 Å². The molecule has 0 aliphatic carbocycles. The molecule has 1 saturated heterocycles. The number of aliphatic imine (C=N–C) groups is 1. The van der Waals surface area contributed by atoms with E-state index in [-0.39, 0.29) is 30.1 Å². The number of hydrogen-bond acceptors (Lipinski definition) is 4. The summed E-state index contributed by atoms with van der Waals surface area (Å²) >= 11 is 0. The minimum absolute atomic E-state index is 0. The Balaban J connectivity index is 0.00000288. The fourth-order valence-corrected chi connectivity index (χ4v) is 2.52. The number of rotatable bonds is 8. The van der Waals surface area contributed by atoms with E-state index in [1.165, 1.54) is 0 Å². The molecule has 1 unspecified atom stereocenters. The van der Waals surface area contributed by atoms with Crippen LogP contribution in [0.2, 0.25) is 0 Å². The van der Waals surface area contributed by atoms with E-state index in [9.17, 15) is 0 Å². The third-order valence-corrected chi connectivity index (χ3v) is 3.75. The summed E-state index contributed by atoms with van der Waals surface area (Å²) in [4.78, 5) is 4.61. The van der Waals surface area contributed by atoms with Gasteiger partial charge in [0.2, 0.25) is 0 Å². The van der Waals surface area contributed by atoms with Crippen molar-refractivity contribution in [3.05, 3.63) is 23.2 Å². The van der Waals surface area contributed by atoms with Crippen molar-refractivity contribution >= 4 is 29.9 Å². The summed E-state index contributed by atoms with van der Waals surface area (Å²) < 4.78 is 16.6.